The Bertz CT molecular complexity index is 1330. The van der Waals surface area contributed by atoms with Crippen LogP contribution in [0.3, 0.4) is 0 Å². The number of hydrogen-bond donors (Lipinski definition) is 1. The van der Waals surface area contributed by atoms with Gasteiger partial charge in [0, 0.05) is 17.0 Å². The summed E-state index contributed by atoms with van der Waals surface area (Å²) in [7, 11) is 0. The molecule has 3 aromatic carbocycles. The molecule has 0 atom stereocenters. The topological polar surface area (TPSA) is 51.2 Å². The van der Waals surface area contributed by atoms with Crippen LogP contribution in [0.1, 0.15) is 37.5 Å². The second kappa shape index (κ2) is 9.12. The summed E-state index contributed by atoms with van der Waals surface area (Å²) in [5.74, 6) is -0.348. The number of aryl methyl sites for hydroxylation is 1. The molecule has 0 aliphatic carbocycles. The maximum absolute atomic E-state index is 15.9. The van der Waals surface area contributed by atoms with Crippen LogP contribution >= 0.6 is 22.9 Å². The molecule has 0 saturated heterocycles. The third kappa shape index (κ3) is 5.52. The number of benzene rings is 3. The second-order valence-corrected chi connectivity index (χ2v) is 10.4. The molecule has 4 rings (SSSR count). The molecule has 0 saturated carbocycles. The molecular weight excluding hydrogens is 459 g/mol. The van der Waals surface area contributed by atoms with Crippen molar-refractivity contribution in [3.63, 3.8) is 0 Å². The first kappa shape index (κ1) is 23.2. The number of anilines is 1. The Morgan fingerprint density at radius 3 is 2.55 bits per heavy atom. The van der Waals surface area contributed by atoms with E-state index in [-0.39, 0.29) is 5.82 Å². The minimum atomic E-state index is -0.639. The van der Waals surface area contributed by atoms with Crippen LogP contribution in [0.5, 0.6) is 0 Å². The lowest BCUT2D eigenvalue weighted by Gasteiger charge is -2.18. The molecule has 1 heterocycles. The molecule has 33 heavy (non-hydrogen) atoms. The number of carbonyl (C=O) groups is 1. The van der Waals surface area contributed by atoms with Gasteiger partial charge in [0.1, 0.15) is 11.4 Å². The second-order valence-electron chi connectivity index (χ2n) is 8.89. The molecule has 0 unspecified atom stereocenters. The van der Waals surface area contributed by atoms with Crippen LogP contribution < -0.4 is 5.32 Å². The summed E-state index contributed by atoms with van der Waals surface area (Å²) in [4.78, 5) is 16.8. The van der Waals surface area contributed by atoms with E-state index >= 15 is 4.39 Å². The van der Waals surface area contributed by atoms with E-state index in [2.05, 4.69) is 10.3 Å². The van der Waals surface area contributed by atoms with Crippen LogP contribution in [0.4, 0.5) is 14.3 Å². The number of fused-ring (bicyclic) bond motifs is 1. The van der Waals surface area contributed by atoms with Crippen molar-refractivity contribution in [3.05, 3.63) is 82.1 Å². The lowest BCUT2D eigenvalue weighted by Crippen LogP contribution is -2.27. The van der Waals surface area contributed by atoms with Crippen LogP contribution in [-0.2, 0) is 11.2 Å². The normalized spacial score (nSPS) is 11.6. The molecule has 4 aromatic rings. The summed E-state index contributed by atoms with van der Waals surface area (Å²) in [5, 5.41) is 3.52. The Hall–Kier alpha value is -2.96. The zero-order valence-electron chi connectivity index (χ0n) is 18.8. The van der Waals surface area contributed by atoms with Crippen molar-refractivity contribution in [3.8, 4) is 11.1 Å². The zero-order chi connectivity index (χ0) is 23.8. The lowest BCUT2D eigenvalue weighted by molar-refractivity contribution is 0.0636. The summed E-state index contributed by atoms with van der Waals surface area (Å²) >= 11 is 7.48. The van der Waals surface area contributed by atoms with Crippen LogP contribution in [0.15, 0.2) is 54.6 Å². The largest absolute Gasteiger partial charge is 0.444 e. The Morgan fingerprint density at radius 2 is 1.88 bits per heavy atom. The standard InChI is InChI=1S/C26H24ClFN2O2S/c1-15-8-10-16(11-9-15)12-18-14-20-23(21(22(18)28)17-6-5-7-19(27)13-17)29-24(33-20)30-25(31)32-26(2,3)4/h5-11,13-14H,12H2,1-4H3,(H,29,30,31). The van der Waals surface area contributed by atoms with Gasteiger partial charge < -0.3 is 4.74 Å². The molecule has 0 bridgehead atoms. The molecule has 170 valence electrons. The number of nitrogens with zero attached hydrogens (tertiary/aromatic N) is 1. The van der Waals surface area contributed by atoms with Gasteiger partial charge in [-0.15, -0.1) is 0 Å². The van der Waals surface area contributed by atoms with Crippen molar-refractivity contribution in [2.45, 2.75) is 39.7 Å². The molecule has 4 nitrogen and oxygen atoms in total. The van der Waals surface area contributed by atoms with Crippen molar-refractivity contribution >= 4 is 44.4 Å². The number of nitrogens with one attached hydrogen (secondary N) is 1. The maximum atomic E-state index is 15.9. The number of amides is 1. The quantitative estimate of drug-likeness (QED) is 0.320. The lowest BCUT2D eigenvalue weighted by atomic mass is 9.97. The first-order valence-corrected chi connectivity index (χ1v) is 11.7. The third-order valence-electron chi connectivity index (χ3n) is 4.93. The van der Waals surface area contributed by atoms with Gasteiger partial charge in [0.2, 0.25) is 0 Å². The predicted octanol–water partition coefficient (Wildman–Crippen LogP) is 8.00. The summed E-state index contributed by atoms with van der Waals surface area (Å²) in [6.45, 7) is 7.38. The fraction of sp³-hybridized carbons (Fsp3) is 0.231. The minimum Gasteiger partial charge on any atom is -0.444 e. The molecule has 0 aliphatic heterocycles. The van der Waals surface area contributed by atoms with Crippen LogP contribution in [-0.4, -0.2) is 16.7 Å². The summed E-state index contributed by atoms with van der Waals surface area (Å²) in [5.41, 5.74) is 3.53. The molecule has 0 spiro atoms. The van der Waals surface area contributed by atoms with E-state index < -0.39 is 11.7 Å². The Kier molecular flexibility index (Phi) is 6.41. The van der Waals surface area contributed by atoms with Gasteiger partial charge in [-0.25, -0.2) is 14.2 Å². The minimum absolute atomic E-state index is 0.342. The van der Waals surface area contributed by atoms with Gasteiger partial charge in [0.15, 0.2) is 5.13 Å². The van der Waals surface area contributed by atoms with E-state index in [0.717, 1.165) is 15.8 Å². The number of thiazole rings is 1. The number of rotatable bonds is 4. The highest BCUT2D eigenvalue weighted by Gasteiger charge is 2.22. The fourth-order valence-electron chi connectivity index (χ4n) is 3.50. The van der Waals surface area contributed by atoms with Crippen LogP contribution in [0, 0.1) is 12.7 Å². The molecular formula is C26H24ClFN2O2S. The molecule has 1 N–H and O–H groups in total. The van der Waals surface area contributed by atoms with Crippen LogP contribution in [0.2, 0.25) is 5.02 Å². The van der Waals surface area contributed by atoms with Crippen molar-refractivity contribution in [2.24, 2.45) is 0 Å². The molecule has 0 fully saturated rings. The smallest absolute Gasteiger partial charge is 0.413 e. The van der Waals surface area contributed by atoms with Crippen LogP contribution in [0.25, 0.3) is 21.3 Å². The average molecular weight is 483 g/mol. The highest BCUT2D eigenvalue weighted by Crippen LogP contribution is 2.39. The van der Waals surface area contributed by atoms with Gasteiger partial charge in [-0.1, -0.05) is 64.9 Å². The zero-order valence-corrected chi connectivity index (χ0v) is 20.4. The Labute approximate surface area is 201 Å². The van der Waals surface area contributed by atoms with E-state index in [1.807, 2.05) is 31.2 Å². The first-order chi connectivity index (χ1) is 15.6. The van der Waals surface area contributed by atoms with E-state index in [1.165, 1.54) is 11.3 Å². The molecule has 0 radical (unpaired) electrons. The Balaban J connectivity index is 1.81. The SMILES string of the molecule is Cc1ccc(Cc2cc3sc(NC(=O)OC(C)(C)C)nc3c(-c3cccc(Cl)c3)c2F)cc1. The molecule has 0 aliphatic rings. The highest BCUT2D eigenvalue weighted by molar-refractivity contribution is 7.22. The average Bonchev–Trinajstić information content (AvgIpc) is 3.10. The maximum Gasteiger partial charge on any atom is 0.413 e. The number of carbonyl (C=O) groups excluding carboxylic acids is 1. The van der Waals surface area contributed by atoms with Gasteiger partial charge in [-0.3, -0.25) is 5.32 Å². The van der Waals surface area contributed by atoms with E-state index in [1.54, 1.807) is 51.1 Å². The van der Waals surface area contributed by atoms with Crippen molar-refractivity contribution in [2.75, 3.05) is 5.32 Å². The molecule has 1 aromatic heterocycles. The summed E-state index contributed by atoms with van der Waals surface area (Å²) in [6, 6.07) is 16.9. The molecule has 1 amide bonds. The molecule has 7 heteroatoms. The Morgan fingerprint density at radius 1 is 1.15 bits per heavy atom. The van der Waals surface area contributed by atoms with Gasteiger partial charge >= 0.3 is 6.09 Å². The van der Waals surface area contributed by atoms with Crippen molar-refractivity contribution in [1.29, 1.82) is 0 Å². The van der Waals surface area contributed by atoms with Gasteiger partial charge in [0.05, 0.1) is 10.2 Å². The van der Waals surface area contributed by atoms with Crippen molar-refractivity contribution in [1.82, 2.24) is 4.98 Å². The van der Waals surface area contributed by atoms with Gasteiger partial charge in [0.25, 0.3) is 0 Å². The summed E-state index contributed by atoms with van der Waals surface area (Å²) < 4.78 is 22.0. The fourth-order valence-corrected chi connectivity index (χ4v) is 4.62. The number of hydrogen-bond acceptors (Lipinski definition) is 4. The number of aromatic nitrogens is 1. The number of halogens is 2. The number of ether oxygens (including phenoxy) is 1. The highest BCUT2D eigenvalue weighted by atomic mass is 35.5. The van der Waals surface area contributed by atoms with Gasteiger partial charge in [-0.05, 0) is 62.6 Å². The summed E-state index contributed by atoms with van der Waals surface area (Å²) in [6.07, 6.45) is -0.172. The van der Waals surface area contributed by atoms with Crippen molar-refractivity contribution < 1.29 is 13.9 Å². The van der Waals surface area contributed by atoms with Gasteiger partial charge in [-0.2, -0.15) is 0 Å². The van der Waals surface area contributed by atoms with E-state index in [0.29, 0.717) is 38.8 Å². The van der Waals surface area contributed by atoms with E-state index in [9.17, 15) is 4.79 Å². The van der Waals surface area contributed by atoms with E-state index in [4.69, 9.17) is 16.3 Å². The third-order valence-corrected chi connectivity index (χ3v) is 6.09. The predicted molar refractivity (Wildman–Crippen MR) is 134 cm³/mol. The first-order valence-electron chi connectivity index (χ1n) is 10.5. The monoisotopic (exact) mass is 482 g/mol.